The van der Waals surface area contributed by atoms with E-state index in [0.29, 0.717) is 0 Å². The van der Waals surface area contributed by atoms with E-state index in [4.69, 9.17) is 9.47 Å². The quantitative estimate of drug-likeness (QED) is 0.472. The lowest BCUT2D eigenvalue weighted by Gasteiger charge is -2.06. The summed E-state index contributed by atoms with van der Waals surface area (Å²) in [5.74, 6) is 0. The average molecular weight is 218 g/mol. The molecule has 0 heterocycles. The largest absolute Gasteiger partial charge is 0.383 e. The first-order valence-corrected chi connectivity index (χ1v) is 5.90. The van der Waals surface area contributed by atoms with E-state index in [9.17, 15) is 0 Å². The molecule has 0 fully saturated rings. The maximum Gasteiger partial charge on any atom is 0.0590 e. The fourth-order valence-electron chi connectivity index (χ4n) is 1.15. The summed E-state index contributed by atoms with van der Waals surface area (Å²) in [6, 6.07) is 0. The van der Waals surface area contributed by atoms with Crippen molar-refractivity contribution in [3.05, 3.63) is 0 Å². The molecule has 0 rings (SSSR count). The van der Waals surface area contributed by atoms with Crippen LogP contribution in [-0.2, 0) is 9.47 Å². The van der Waals surface area contributed by atoms with Gasteiger partial charge in [0, 0.05) is 26.8 Å². The molecule has 4 nitrogen and oxygen atoms in total. The Morgan fingerprint density at radius 3 is 2.13 bits per heavy atom. The van der Waals surface area contributed by atoms with Crippen molar-refractivity contribution in [2.75, 3.05) is 53.1 Å². The summed E-state index contributed by atoms with van der Waals surface area (Å²) in [6.45, 7) is 8.61. The average Bonchev–Trinajstić information content (AvgIpc) is 2.26. The molecule has 0 saturated carbocycles. The molecule has 0 aliphatic rings. The van der Waals surface area contributed by atoms with Gasteiger partial charge in [0.25, 0.3) is 0 Å². The third-order valence-electron chi connectivity index (χ3n) is 1.96. The minimum Gasteiger partial charge on any atom is -0.383 e. The standard InChI is InChI=1S/C11H26N2O2/c1-3-9-15-11-8-13-6-4-5-12-7-10-14-2/h12-13H,3-11H2,1-2H3. The van der Waals surface area contributed by atoms with E-state index >= 15 is 0 Å². The van der Waals surface area contributed by atoms with Crippen molar-refractivity contribution in [2.24, 2.45) is 0 Å². The van der Waals surface area contributed by atoms with E-state index in [2.05, 4.69) is 17.6 Å². The van der Waals surface area contributed by atoms with Gasteiger partial charge in [0.05, 0.1) is 13.2 Å². The highest BCUT2D eigenvalue weighted by Gasteiger charge is 1.89. The van der Waals surface area contributed by atoms with Crippen LogP contribution in [0, 0.1) is 0 Å². The molecular weight excluding hydrogens is 192 g/mol. The van der Waals surface area contributed by atoms with Crippen LogP contribution in [0.3, 0.4) is 0 Å². The van der Waals surface area contributed by atoms with E-state index < -0.39 is 0 Å². The van der Waals surface area contributed by atoms with Crippen molar-refractivity contribution in [1.82, 2.24) is 10.6 Å². The van der Waals surface area contributed by atoms with Gasteiger partial charge in [-0.3, -0.25) is 0 Å². The van der Waals surface area contributed by atoms with Crippen LogP contribution in [0.15, 0.2) is 0 Å². The van der Waals surface area contributed by atoms with Crippen LogP contribution in [0.1, 0.15) is 19.8 Å². The monoisotopic (exact) mass is 218 g/mol. The van der Waals surface area contributed by atoms with Gasteiger partial charge in [-0.2, -0.15) is 0 Å². The van der Waals surface area contributed by atoms with Gasteiger partial charge in [-0.05, 0) is 25.9 Å². The lowest BCUT2D eigenvalue weighted by atomic mass is 10.4. The first-order valence-electron chi connectivity index (χ1n) is 5.90. The van der Waals surface area contributed by atoms with Crippen LogP contribution in [0.4, 0.5) is 0 Å². The molecule has 0 radical (unpaired) electrons. The molecule has 92 valence electrons. The van der Waals surface area contributed by atoms with Crippen LogP contribution in [-0.4, -0.2) is 53.1 Å². The fourth-order valence-corrected chi connectivity index (χ4v) is 1.15. The fraction of sp³-hybridized carbons (Fsp3) is 1.00. The predicted molar refractivity (Wildman–Crippen MR) is 63.3 cm³/mol. The normalized spacial score (nSPS) is 10.8. The van der Waals surface area contributed by atoms with Gasteiger partial charge in [-0.15, -0.1) is 0 Å². The van der Waals surface area contributed by atoms with Crippen molar-refractivity contribution < 1.29 is 9.47 Å². The van der Waals surface area contributed by atoms with Crippen LogP contribution < -0.4 is 10.6 Å². The molecule has 0 atom stereocenters. The molecule has 0 aliphatic carbocycles. The Kier molecular flexibility index (Phi) is 13.7. The lowest BCUT2D eigenvalue weighted by molar-refractivity contribution is 0.136. The van der Waals surface area contributed by atoms with Gasteiger partial charge in [0.2, 0.25) is 0 Å². The van der Waals surface area contributed by atoms with Gasteiger partial charge in [-0.1, -0.05) is 6.92 Å². The summed E-state index contributed by atoms with van der Waals surface area (Å²) in [4.78, 5) is 0. The van der Waals surface area contributed by atoms with E-state index in [1.54, 1.807) is 7.11 Å². The molecule has 4 heteroatoms. The van der Waals surface area contributed by atoms with E-state index in [1.165, 1.54) is 0 Å². The summed E-state index contributed by atoms with van der Waals surface area (Å²) in [7, 11) is 1.72. The van der Waals surface area contributed by atoms with Crippen LogP contribution in [0.5, 0.6) is 0 Å². The second-order valence-corrected chi connectivity index (χ2v) is 3.46. The summed E-state index contributed by atoms with van der Waals surface area (Å²) in [5.41, 5.74) is 0. The maximum atomic E-state index is 5.35. The Labute approximate surface area is 93.7 Å². The number of ether oxygens (including phenoxy) is 2. The van der Waals surface area contributed by atoms with Crippen molar-refractivity contribution >= 4 is 0 Å². The second-order valence-electron chi connectivity index (χ2n) is 3.46. The Bertz CT molecular complexity index is 101. The number of nitrogens with one attached hydrogen (secondary N) is 2. The van der Waals surface area contributed by atoms with Gasteiger partial charge in [0.15, 0.2) is 0 Å². The van der Waals surface area contributed by atoms with E-state index in [0.717, 1.165) is 58.8 Å². The summed E-state index contributed by atoms with van der Waals surface area (Å²) in [6.07, 6.45) is 2.25. The molecule has 0 aliphatic heterocycles. The van der Waals surface area contributed by atoms with Crippen molar-refractivity contribution in [3.8, 4) is 0 Å². The SMILES string of the molecule is CCCOCCNCCCNCCOC. The van der Waals surface area contributed by atoms with Crippen molar-refractivity contribution in [3.63, 3.8) is 0 Å². The highest BCUT2D eigenvalue weighted by molar-refractivity contribution is 4.51. The zero-order valence-electron chi connectivity index (χ0n) is 10.2. The third-order valence-corrected chi connectivity index (χ3v) is 1.96. The molecule has 0 amide bonds. The zero-order chi connectivity index (χ0) is 11.2. The van der Waals surface area contributed by atoms with Crippen LogP contribution >= 0.6 is 0 Å². The predicted octanol–water partition coefficient (Wildman–Crippen LogP) is 0.629. The number of hydrogen-bond acceptors (Lipinski definition) is 4. The summed E-state index contributed by atoms with van der Waals surface area (Å²) >= 11 is 0. The molecule has 0 spiro atoms. The summed E-state index contributed by atoms with van der Waals surface area (Å²) < 4.78 is 10.3. The maximum absolute atomic E-state index is 5.35. The minimum atomic E-state index is 0.790. The molecule has 0 aromatic heterocycles. The molecule has 0 bridgehead atoms. The van der Waals surface area contributed by atoms with Gasteiger partial charge in [0.1, 0.15) is 0 Å². The smallest absolute Gasteiger partial charge is 0.0590 e. The molecule has 0 saturated heterocycles. The van der Waals surface area contributed by atoms with E-state index in [1.807, 2.05) is 0 Å². The van der Waals surface area contributed by atoms with Gasteiger partial charge in [-0.25, -0.2) is 0 Å². The van der Waals surface area contributed by atoms with Crippen LogP contribution in [0.2, 0.25) is 0 Å². The molecule has 0 unspecified atom stereocenters. The Morgan fingerprint density at radius 1 is 0.867 bits per heavy atom. The lowest BCUT2D eigenvalue weighted by Crippen LogP contribution is -2.26. The third kappa shape index (κ3) is 13.8. The van der Waals surface area contributed by atoms with Crippen LogP contribution in [0.25, 0.3) is 0 Å². The molecule has 15 heavy (non-hydrogen) atoms. The highest BCUT2D eigenvalue weighted by Crippen LogP contribution is 1.79. The topological polar surface area (TPSA) is 42.5 Å². The zero-order valence-corrected chi connectivity index (χ0v) is 10.2. The second kappa shape index (κ2) is 13.8. The first-order chi connectivity index (χ1) is 7.41. The molecular formula is C11H26N2O2. The van der Waals surface area contributed by atoms with Crippen molar-refractivity contribution in [2.45, 2.75) is 19.8 Å². The molecule has 2 N–H and O–H groups in total. The Morgan fingerprint density at radius 2 is 1.53 bits per heavy atom. The van der Waals surface area contributed by atoms with Crippen molar-refractivity contribution in [1.29, 1.82) is 0 Å². The summed E-state index contributed by atoms with van der Waals surface area (Å²) in [5, 5.41) is 6.64. The number of hydrogen-bond donors (Lipinski definition) is 2. The Balaban J connectivity index is 2.81. The Hall–Kier alpha value is -0.160. The van der Waals surface area contributed by atoms with Gasteiger partial charge < -0.3 is 20.1 Å². The molecule has 0 aromatic rings. The molecule has 0 aromatic carbocycles. The minimum absolute atomic E-state index is 0.790. The highest BCUT2D eigenvalue weighted by atomic mass is 16.5. The van der Waals surface area contributed by atoms with Gasteiger partial charge >= 0.3 is 0 Å². The number of rotatable bonds is 12. The number of methoxy groups -OCH3 is 1. The van der Waals surface area contributed by atoms with E-state index in [-0.39, 0.29) is 0 Å². The first kappa shape index (κ1) is 14.8.